The predicted molar refractivity (Wildman–Crippen MR) is 59.4 cm³/mol. The Bertz CT molecular complexity index is 478. The van der Waals surface area contributed by atoms with Crippen molar-refractivity contribution in [1.82, 2.24) is 0 Å². The largest absolute Gasteiger partial charge is 0.493 e. The zero-order valence-electron chi connectivity index (χ0n) is 10.2. The lowest BCUT2D eigenvalue weighted by Gasteiger charge is -2.16. The van der Waals surface area contributed by atoms with Crippen molar-refractivity contribution in [3.8, 4) is 5.75 Å². The summed E-state index contributed by atoms with van der Waals surface area (Å²) in [6, 6.07) is 2.23. The molecule has 1 aromatic rings. The second kappa shape index (κ2) is 4.17. The predicted octanol–water partition coefficient (Wildman–Crippen LogP) is 2.31. The van der Waals surface area contributed by atoms with Crippen LogP contribution in [0.5, 0.6) is 5.75 Å². The first-order valence-corrected chi connectivity index (χ1v) is 5.85. The van der Waals surface area contributed by atoms with E-state index in [-0.39, 0.29) is 29.8 Å². The van der Waals surface area contributed by atoms with Gasteiger partial charge in [-0.15, -0.1) is 0 Å². The molecular weight excluding hydrogens is 242 g/mol. The van der Waals surface area contributed by atoms with Crippen LogP contribution in [0.2, 0.25) is 0 Å². The van der Waals surface area contributed by atoms with Crippen molar-refractivity contribution in [2.75, 3.05) is 20.8 Å². The van der Waals surface area contributed by atoms with Crippen LogP contribution in [0.3, 0.4) is 0 Å². The lowest BCUT2D eigenvalue weighted by Crippen LogP contribution is -2.16. The highest BCUT2D eigenvalue weighted by Gasteiger charge is 2.62. The van der Waals surface area contributed by atoms with E-state index in [1.807, 2.05) is 0 Å². The third-order valence-electron chi connectivity index (χ3n) is 3.86. The Morgan fingerprint density at radius 3 is 2.61 bits per heavy atom. The Labute approximate surface area is 104 Å². The van der Waals surface area contributed by atoms with Gasteiger partial charge in [0.25, 0.3) is 0 Å². The van der Waals surface area contributed by atoms with Crippen LogP contribution in [0.15, 0.2) is 12.1 Å². The Balaban J connectivity index is 1.97. The molecule has 4 atom stereocenters. The third kappa shape index (κ3) is 1.54. The van der Waals surface area contributed by atoms with Gasteiger partial charge in [-0.05, 0) is 18.1 Å². The zero-order valence-corrected chi connectivity index (χ0v) is 10.2. The Hall–Kier alpha value is -1.20. The van der Waals surface area contributed by atoms with E-state index in [0.717, 1.165) is 12.1 Å². The molecule has 1 saturated carbocycles. The average molecular weight is 256 g/mol. The van der Waals surface area contributed by atoms with Crippen LogP contribution < -0.4 is 4.74 Å². The molecular formula is C13H14F2O3. The van der Waals surface area contributed by atoms with Gasteiger partial charge in [0.05, 0.1) is 13.7 Å². The highest BCUT2D eigenvalue weighted by Crippen LogP contribution is 2.62. The molecule has 2 aliphatic rings. The van der Waals surface area contributed by atoms with Crippen molar-refractivity contribution in [1.29, 1.82) is 0 Å². The zero-order chi connectivity index (χ0) is 12.9. The molecule has 0 aromatic heterocycles. The van der Waals surface area contributed by atoms with Crippen LogP contribution in [-0.2, 0) is 9.47 Å². The highest BCUT2D eigenvalue weighted by molar-refractivity contribution is 5.44. The SMILES string of the molecule is COc1c(F)ccc(F)c1[C@H]1[C@H]2CO[C@H](OC)[C@@H]21. The number of hydrogen-bond donors (Lipinski definition) is 0. The normalized spacial score (nSPS) is 33.3. The van der Waals surface area contributed by atoms with Crippen LogP contribution in [0.1, 0.15) is 11.5 Å². The van der Waals surface area contributed by atoms with Crippen LogP contribution in [0.25, 0.3) is 0 Å². The maximum Gasteiger partial charge on any atom is 0.165 e. The highest BCUT2D eigenvalue weighted by atomic mass is 19.1. The molecule has 1 aliphatic heterocycles. The molecule has 1 saturated heterocycles. The first kappa shape index (κ1) is 11.9. The number of benzene rings is 1. The summed E-state index contributed by atoms with van der Waals surface area (Å²) < 4.78 is 43.1. The van der Waals surface area contributed by atoms with Gasteiger partial charge in [-0.25, -0.2) is 8.78 Å². The van der Waals surface area contributed by atoms with Crippen molar-refractivity contribution in [2.24, 2.45) is 11.8 Å². The van der Waals surface area contributed by atoms with Gasteiger partial charge in [0.15, 0.2) is 17.9 Å². The average Bonchev–Trinajstić information content (AvgIpc) is 2.91. The fourth-order valence-electron chi connectivity index (χ4n) is 3.00. The van der Waals surface area contributed by atoms with Crippen molar-refractivity contribution >= 4 is 0 Å². The second-order valence-electron chi connectivity index (χ2n) is 4.68. The van der Waals surface area contributed by atoms with Gasteiger partial charge >= 0.3 is 0 Å². The topological polar surface area (TPSA) is 27.7 Å². The van der Waals surface area contributed by atoms with E-state index in [4.69, 9.17) is 14.2 Å². The molecule has 0 radical (unpaired) electrons. The molecule has 3 nitrogen and oxygen atoms in total. The summed E-state index contributed by atoms with van der Waals surface area (Å²) in [5.74, 6) is -0.741. The molecule has 0 bridgehead atoms. The molecule has 18 heavy (non-hydrogen) atoms. The molecule has 1 heterocycles. The minimum Gasteiger partial charge on any atom is -0.493 e. The van der Waals surface area contributed by atoms with Crippen molar-refractivity contribution < 1.29 is 23.0 Å². The molecule has 3 rings (SSSR count). The summed E-state index contributed by atoms with van der Waals surface area (Å²) in [4.78, 5) is 0. The first-order chi connectivity index (χ1) is 8.69. The lowest BCUT2D eigenvalue weighted by molar-refractivity contribution is -0.111. The quantitative estimate of drug-likeness (QED) is 0.830. The molecule has 5 heteroatoms. The van der Waals surface area contributed by atoms with Crippen LogP contribution in [-0.4, -0.2) is 27.1 Å². The van der Waals surface area contributed by atoms with Crippen LogP contribution >= 0.6 is 0 Å². The van der Waals surface area contributed by atoms with E-state index >= 15 is 0 Å². The van der Waals surface area contributed by atoms with Gasteiger partial charge in [-0.2, -0.15) is 0 Å². The molecule has 0 N–H and O–H groups in total. The number of rotatable bonds is 3. The van der Waals surface area contributed by atoms with Crippen molar-refractivity contribution in [3.63, 3.8) is 0 Å². The van der Waals surface area contributed by atoms with Gasteiger partial charge in [0.1, 0.15) is 5.82 Å². The molecule has 0 amide bonds. The smallest absolute Gasteiger partial charge is 0.165 e. The number of fused-ring (bicyclic) bond motifs is 1. The summed E-state index contributed by atoms with van der Waals surface area (Å²) in [5.41, 5.74) is 0.317. The number of methoxy groups -OCH3 is 2. The van der Waals surface area contributed by atoms with Gasteiger partial charge < -0.3 is 14.2 Å². The van der Waals surface area contributed by atoms with E-state index in [1.165, 1.54) is 7.11 Å². The Kier molecular flexibility index (Phi) is 2.75. The fourth-order valence-corrected chi connectivity index (χ4v) is 3.00. The Morgan fingerprint density at radius 2 is 1.94 bits per heavy atom. The lowest BCUT2D eigenvalue weighted by atomic mass is 10.0. The number of hydrogen-bond acceptors (Lipinski definition) is 3. The second-order valence-corrected chi connectivity index (χ2v) is 4.68. The summed E-state index contributed by atoms with van der Waals surface area (Å²) in [7, 11) is 2.91. The van der Waals surface area contributed by atoms with Gasteiger partial charge in [0.2, 0.25) is 0 Å². The summed E-state index contributed by atoms with van der Waals surface area (Å²) in [6.45, 7) is 0.521. The summed E-state index contributed by atoms with van der Waals surface area (Å²) in [5, 5.41) is 0. The van der Waals surface area contributed by atoms with Gasteiger partial charge in [-0.1, -0.05) is 0 Å². The molecule has 2 fully saturated rings. The maximum absolute atomic E-state index is 13.9. The number of ether oxygens (including phenoxy) is 3. The molecule has 98 valence electrons. The van der Waals surface area contributed by atoms with E-state index in [2.05, 4.69) is 0 Å². The van der Waals surface area contributed by atoms with Crippen molar-refractivity contribution in [3.05, 3.63) is 29.3 Å². The van der Waals surface area contributed by atoms with Gasteiger partial charge in [-0.3, -0.25) is 0 Å². The number of halogens is 2. The third-order valence-corrected chi connectivity index (χ3v) is 3.86. The van der Waals surface area contributed by atoms with Gasteiger partial charge in [0, 0.05) is 24.5 Å². The van der Waals surface area contributed by atoms with E-state index in [1.54, 1.807) is 7.11 Å². The van der Waals surface area contributed by atoms with E-state index < -0.39 is 11.6 Å². The minimum atomic E-state index is -0.534. The maximum atomic E-state index is 13.9. The fraction of sp³-hybridized carbons (Fsp3) is 0.538. The van der Waals surface area contributed by atoms with E-state index in [0.29, 0.717) is 12.2 Å². The van der Waals surface area contributed by atoms with Crippen molar-refractivity contribution in [2.45, 2.75) is 12.2 Å². The first-order valence-electron chi connectivity index (χ1n) is 5.85. The molecule has 0 spiro atoms. The van der Waals surface area contributed by atoms with Crippen LogP contribution in [0.4, 0.5) is 8.78 Å². The minimum absolute atomic E-state index is 0.00394. The summed E-state index contributed by atoms with van der Waals surface area (Å²) >= 11 is 0. The van der Waals surface area contributed by atoms with E-state index in [9.17, 15) is 8.78 Å². The summed E-state index contributed by atoms with van der Waals surface area (Å²) in [6.07, 6.45) is -0.327. The van der Waals surface area contributed by atoms with Crippen LogP contribution in [0, 0.1) is 23.5 Å². The standard InChI is InChI=1S/C13H14F2O3/c1-16-12-8(15)4-3-7(14)11(12)9-6-5-18-13(17-2)10(6)9/h3-4,6,9-10,13H,5H2,1-2H3/t6-,9+,10+,13+/m1/s1. The molecule has 0 unspecified atom stereocenters. The monoisotopic (exact) mass is 256 g/mol. The Morgan fingerprint density at radius 1 is 1.22 bits per heavy atom. The molecule has 1 aliphatic carbocycles. The molecule has 1 aromatic carbocycles.